The molecule has 0 aromatic heterocycles. The molecule has 1 aromatic rings. The maximum absolute atomic E-state index is 13.0. The first-order valence-corrected chi connectivity index (χ1v) is 8.84. The van der Waals surface area contributed by atoms with Crippen LogP contribution in [0.4, 0.5) is 5.69 Å². The summed E-state index contributed by atoms with van der Waals surface area (Å²) in [5.41, 5.74) is 8.43. The van der Waals surface area contributed by atoms with Crippen LogP contribution in [0.1, 0.15) is 37.7 Å². The highest BCUT2D eigenvalue weighted by atomic mass is 16.2. The van der Waals surface area contributed by atoms with Crippen LogP contribution >= 0.6 is 0 Å². The lowest BCUT2D eigenvalue weighted by Gasteiger charge is -2.34. The third-order valence-corrected chi connectivity index (χ3v) is 6.56. The van der Waals surface area contributed by atoms with Crippen molar-refractivity contribution in [1.29, 1.82) is 0 Å². The van der Waals surface area contributed by atoms with E-state index in [1.54, 1.807) is 0 Å². The van der Waals surface area contributed by atoms with Gasteiger partial charge in [0.2, 0.25) is 5.91 Å². The third-order valence-electron chi connectivity index (χ3n) is 6.56. The smallest absolute Gasteiger partial charge is 0.242 e. The lowest BCUT2D eigenvalue weighted by atomic mass is 9.75. The average molecular weight is 309 g/mol. The molecule has 6 rings (SSSR count). The van der Waals surface area contributed by atoms with E-state index in [-0.39, 0.29) is 11.3 Å². The highest BCUT2D eigenvalue weighted by Gasteiger charge is 2.61. The van der Waals surface area contributed by atoms with Gasteiger partial charge in [-0.15, -0.1) is 5.53 Å². The van der Waals surface area contributed by atoms with E-state index in [2.05, 4.69) is 35.2 Å². The van der Waals surface area contributed by atoms with Crippen LogP contribution in [0.15, 0.2) is 30.3 Å². The van der Waals surface area contributed by atoms with Crippen molar-refractivity contribution in [2.75, 3.05) is 11.6 Å². The molecule has 4 fully saturated rings. The van der Waals surface area contributed by atoms with Crippen LogP contribution in [0, 0.1) is 23.2 Å². The fourth-order valence-corrected chi connectivity index (χ4v) is 5.77. The summed E-state index contributed by atoms with van der Waals surface area (Å²) in [5, 5.41) is 2.02. The Kier molecular flexibility index (Phi) is 2.87. The van der Waals surface area contributed by atoms with Gasteiger partial charge in [0.15, 0.2) is 0 Å². The molecule has 4 aliphatic carbocycles. The molecule has 2 unspecified atom stereocenters. The highest BCUT2D eigenvalue weighted by Crippen LogP contribution is 2.65. The molecule has 5 aliphatic rings. The number of hydrogen-bond donors (Lipinski definition) is 2. The number of amides is 1. The molecule has 1 heterocycles. The SMILES string of the molecule is O=C(NNN1CC=Cc2ccccc21)C12CC3CC(CC1C3)C2. The molecule has 1 aromatic carbocycles. The lowest BCUT2D eigenvalue weighted by Crippen LogP contribution is -2.55. The van der Waals surface area contributed by atoms with Crippen molar-refractivity contribution >= 4 is 17.7 Å². The summed E-state index contributed by atoms with van der Waals surface area (Å²) >= 11 is 0. The van der Waals surface area contributed by atoms with E-state index in [0.717, 1.165) is 36.9 Å². The topological polar surface area (TPSA) is 44.4 Å². The molecule has 1 aliphatic heterocycles. The predicted octanol–water partition coefficient (Wildman–Crippen LogP) is 2.88. The van der Waals surface area contributed by atoms with Gasteiger partial charge < -0.3 is 0 Å². The summed E-state index contributed by atoms with van der Waals surface area (Å²) in [6.07, 6.45) is 10.4. The summed E-state index contributed by atoms with van der Waals surface area (Å²) in [7, 11) is 0. The van der Waals surface area contributed by atoms with E-state index in [1.165, 1.54) is 24.8 Å². The Labute approximate surface area is 136 Å². The van der Waals surface area contributed by atoms with Crippen molar-refractivity contribution in [3.05, 3.63) is 35.9 Å². The quantitative estimate of drug-likeness (QED) is 0.844. The second-order valence-electron chi connectivity index (χ2n) is 7.84. The van der Waals surface area contributed by atoms with Crippen LogP contribution in [-0.2, 0) is 4.79 Å². The van der Waals surface area contributed by atoms with Crippen molar-refractivity contribution in [2.24, 2.45) is 23.2 Å². The van der Waals surface area contributed by atoms with Gasteiger partial charge >= 0.3 is 0 Å². The van der Waals surface area contributed by atoms with Crippen LogP contribution < -0.4 is 16.0 Å². The van der Waals surface area contributed by atoms with Crippen molar-refractivity contribution in [3.8, 4) is 0 Å². The third kappa shape index (κ3) is 1.97. The molecule has 0 spiro atoms. The molecule has 1 amide bonds. The lowest BCUT2D eigenvalue weighted by molar-refractivity contribution is -0.134. The predicted molar refractivity (Wildman–Crippen MR) is 90.1 cm³/mol. The molecule has 0 saturated heterocycles. The molecule has 4 heteroatoms. The Hall–Kier alpha value is -1.81. The average Bonchev–Trinajstić information content (AvgIpc) is 2.98. The summed E-state index contributed by atoms with van der Waals surface area (Å²) < 4.78 is 0. The summed E-state index contributed by atoms with van der Waals surface area (Å²) in [5.74, 6) is 2.45. The van der Waals surface area contributed by atoms with E-state index in [4.69, 9.17) is 0 Å². The fraction of sp³-hybridized carbons (Fsp3) is 0.526. The zero-order valence-electron chi connectivity index (χ0n) is 13.3. The van der Waals surface area contributed by atoms with Gasteiger partial charge in [-0.3, -0.25) is 15.2 Å². The van der Waals surface area contributed by atoms with Gasteiger partial charge in [-0.2, -0.15) is 0 Å². The molecule has 4 saturated carbocycles. The zero-order chi connectivity index (χ0) is 15.4. The second-order valence-corrected chi connectivity index (χ2v) is 7.84. The van der Waals surface area contributed by atoms with E-state index in [0.29, 0.717) is 5.92 Å². The van der Waals surface area contributed by atoms with Gasteiger partial charge in [-0.1, -0.05) is 30.4 Å². The van der Waals surface area contributed by atoms with Gasteiger partial charge in [0, 0.05) is 0 Å². The summed E-state index contributed by atoms with van der Waals surface area (Å²) in [6, 6.07) is 8.25. The van der Waals surface area contributed by atoms with Gasteiger partial charge in [0.1, 0.15) is 0 Å². The van der Waals surface area contributed by atoms with Crippen molar-refractivity contribution < 1.29 is 4.79 Å². The monoisotopic (exact) mass is 309 g/mol. The Morgan fingerprint density at radius 1 is 1.13 bits per heavy atom. The van der Waals surface area contributed by atoms with Crippen LogP contribution in [0.25, 0.3) is 6.08 Å². The fourth-order valence-electron chi connectivity index (χ4n) is 5.77. The van der Waals surface area contributed by atoms with Crippen LogP contribution in [0.2, 0.25) is 0 Å². The standard InChI is InChI=1S/C19H23N3O/c23-18(19-11-13-8-14(12-19)10-16(19)9-13)20-21-22-7-3-5-15-4-1-2-6-17(15)22/h1-6,13-14,16,21H,7-12H2,(H,20,23). The summed E-state index contributed by atoms with van der Waals surface area (Å²) in [6.45, 7) is 0.763. The molecule has 2 N–H and O–H groups in total. The van der Waals surface area contributed by atoms with E-state index >= 15 is 0 Å². The molecule has 4 nitrogen and oxygen atoms in total. The Balaban J connectivity index is 1.30. The number of benzene rings is 1. The number of nitrogens with zero attached hydrogens (tertiary/aromatic N) is 1. The van der Waals surface area contributed by atoms with Gasteiger partial charge in [-0.05, 0) is 61.5 Å². The Morgan fingerprint density at radius 3 is 2.74 bits per heavy atom. The number of carbonyl (C=O) groups is 1. The highest BCUT2D eigenvalue weighted by molar-refractivity contribution is 5.84. The zero-order valence-corrected chi connectivity index (χ0v) is 13.3. The van der Waals surface area contributed by atoms with Crippen molar-refractivity contribution in [3.63, 3.8) is 0 Å². The molecule has 0 radical (unpaired) electrons. The molecular formula is C19H23N3O. The number of rotatable bonds is 3. The number of carbonyl (C=O) groups excluding carboxylic acids is 1. The minimum atomic E-state index is -0.0777. The number of fused-ring (bicyclic) bond motifs is 1. The maximum atomic E-state index is 13.0. The van der Waals surface area contributed by atoms with Crippen LogP contribution in [0.3, 0.4) is 0 Å². The van der Waals surface area contributed by atoms with Crippen LogP contribution in [0.5, 0.6) is 0 Å². The minimum absolute atomic E-state index is 0.0777. The second kappa shape index (κ2) is 4.84. The molecule has 23 heavy (non-hydrogen) atoms. The number of hydrazine groups is 2. The van der Waals surface area contributed by atoms with Gasteiger partial charge in [0.05, 0.1) is 17.6 Å². The van der Waals surface area contributed by atoms with E-state index < -0.39 is 0 Å². The Morgan fingerprint density at radius 2 is 1.91 bits per heavy atom. The first-order valence-electron chi connectivity index (χ1n) is 8.84. The Bertz CT molecular complexity index is 669. The van der Waals surface area contributed by atoms with E-state index in [1.807, 2.05) is 17.1 Å². The molecule has 120 valence electrons. The number of nitrogens with one attached hydrogen (secondary N) is 2. The number of anilines is 1. The number of para-hydroxylation sites is 1. The van der Waals surface area contributed by atoms with Gasteiger partial charge in [0.25, 0.3) is 0 Å². The largest absolute Gasteiger partial charge is 0.286 e. The van der Waals surface area contributed by atoms with Gasteiger partial charge in [-0.25, -0.2) is 0 Å². The van der Waals surface area contributed by atoms with Crippen molar-refractivity contribution in [1.82, 2.24) is 11.0 Å². The maximum Gasteiger partial charge on any atom is 0.242 e. The first kappa shape index (κ1) is 13.6. The first-order chi connectivity index (χ1) is 11.2. The van der Waals surface area contributed by atoms with E-state index in [9.17, 15) is 4.79 Å². The van der Waals surface area contributed by atoms with Crippen LogP contribution in [-0.4, -0.2) is 12.5 Å². The normalized spacial score (nSPS) is 36.3. The summed E-state index contributed by atoms with van der Waals surface area (Å²) in [4.78, 5) is 13.0. The molecule has 4 bridgehead atoms. The van der Waals surface area contributed by atoms with Crippen molar-refractivity contribution in [2.45, 2.75) is 32.1 Å². The minimum Gasteiger partial charge on any atom is -0.286 e. The number of hydrogen-bond acceptors (Lipinski definition) is 3. The molecule has 2 atom stereocenters. The molecular weight excluding hydrogens is 286 g/mol.